The summed E-state index contributed by atoms with van der Waals surface area (Å²) in [6.07, 6.45) is 0. The molecule has 0 fully saturated rings. The monoisotopic (exact) mass is 424 g/mol. The average molecular weight is 425 g/mol. The Morgan fingerprint density at radius 1 is 1.10 bits per heavy atom. The lowest BCUT2D eigenvalue weighted by atomic mass is 10.1. The normalized spacial score (nSPS) is 10.9. The predicted octanol–water partition coefficient (Wildman–Crippen LogP) is 4.62. The van der Waals surface area contributed by atoms with Crippen LogP contribution in [0.3, 0.4) is 0 Å². The van der Waals surface area contributed by atoms with Gasteiger partial charge in [0, 0.05) is 11.5 Å². The van der Waals surface area contributed by atoms with Crippen molar-refractivity contribution >= 4 is 34.2 Å². The van der Waals surface area contributed by atoms with Gasteiger partial charge < -0.3 is 0 Å². The number of aromatic nitrogens is 5. The second-order valence-corrected chi connectivity index (χ2v) is 7.72. The van der Waals surface area contributed by atoms with E-state index in [0.717, 1.165) is 22.9 Å². The Bertz CT molecular complexity index is 1220. The van der Waals surface area contributed by atoms with Crippen molar-refractivity contribution in [1.82, 2.24) is 24.4 Å². The zero-order valence-corrected chi connectivity index (χ0v) is 17.5. The second-order valence-electron chi connectivity index (χ2n) is 6.56. The smallest absolute Gasteiger partial charge is 0.258 e. The van der Waals surface area contributed by atoms with Crippen LogP contribution in [0.25, 0.3) is 17.2 Å². The summed E-state index contributed by atoms with van der Waals surface area (Å²) >= 11 is 7.15. The molecule has 1 amide bonds. The summed E-state index contributed by atoms with van der Waals surface area (Å²) in [5.41, 5.74) is 5.07. The van der Waals surface area contributed by atoms with Crippen LogP contribution < -0.4 is 5.32 Å². The molecule has 7 nitrogen and oxygen atoms in total. The zero-order chi connectivity index (χ0) is 20.5. The number of rotatable bonds is 4. The molecule has 0 saturated heterocycles. The molecule has 0 spiro atoms. The van der Waals surface area contributed by atoms with Crippen molar-refractivity contribution in [1.29, 1.82) is 0 Å². The van der Waals surface area contributed by atoms with E-state index >= 15 is 0 Å². The van der Waals surface area contributed by atoms with Crippen LogP contribution in [0.2, 0.25) is 5.02 Å². The van der Waals surface area contributed by atoms with Crippen molar-refractivity contribution in [2.75, 3.05) is 5.32 Å². The van der Waals surface area contributed by atoms with Gasteiger partial charge in [-0.1, -0.05) is 35.0 Å². The van der Waals surface area contributed by atoms with Gasteiger partial charge in [-0.2, -0.15) is 9.36 Å². The van der Waals surface area contributed by atoms with E-state index < -0.39 is 0 Å². The van der Waals surface area contributed by atoms with Gasteiger partial charge in [0.25, 0.3) is 5.91 Å². The summed E-state index contributed by atoms with van der Waals surface area (Å²) in [5.74, 6) is 0.0749. The van der Waals surface area contributed by atoms with Gasteiger partial charge in [0.15, 0.2) is 11.5 Å². The van der Waals surface area contributed by atoms with Crippen molar-refractivity contribution in [3.8, 4) is 17.2 Å². The number of carbonyl (C=O) groups is 1. The topological polar surface area (TPSA) is 85.6 Å². The molecule has 1 N–H and O–H groups in total. The van der Waals surface area contributed by atoms with Gasteiger partial charge in [-0.3, -0.25) is 10.1 Å². The molecule has 0 saturated carbocycles. The first-order valence-corrected chi connectivity index (χ1v) is 9.99. The Hall–Kier alpha value is -3.10. The molecule has 0 aliphatic rings. The first-order chi connectivity index (χ1) is 13.9. The van der Waals surface area contributed by atoms with Gasteiger partial charge in [-0.25, -0.2) is 4.68 Å². The van der Waals surface area contributed by atoms with Crippen LogP contribution in [0.1, 0.15) is 27.2 Å². The maximum atomic E-state index is 12.4. The average Bonchev–Trinajstić information content (AvgIpc) is 3.30. The molecule has 146 valence electrons. The highest BCUT2D eigenvalue weighted by Gasteiger charge is 2.18. The lowest BCUT2D eigenvalue weighted by Gasteiger charge is -2.06. The molecular weight excluding hydrogens is 408 g/mol. The van der Waals surface area contributed by atoms with Crippen LogP contribution in [0.4, 0.5) is 5.13 Å². The largest absolute Gasteiger partial charge is 0.297 e. The number of hydrogen-bond acceptors (Lipinski definition) is 6. The third-order valence-corrected chi connectivity index (χ3v) is 5.57. The van der Waals surface area contributed by atoms with E-state index in [2.05, 4.69) is 51.0 Å². The van der Waals surface area contributed by atoms with Crippen molar-refractivity contribution in [3.05, 3.63) is 69.9 Å². The summed E-state index contributed by atoms with van der Waals surface area (Å²) in [7, 11) is 0. The molecule has 0 aliphatic heterocycles. The van der Waals surface area contributed by atoms with Crippen LogP contribution in [0.5, 0.6) is 0 Å². The molecule has 29 heavy (non-hydrogen) atoms. The Kier molecular flexibility index (Phi) is 5.12. The maximum Gasteiger partial charge on any atom is 0.258 e. The molecule has 0 aliphatic carbocycles. The Balaban J connectivity index is 1.59. The Morgan fingerprint density at radius 3 is 2.66 bits per heavy atom. The van der Waals surface area contributed by atoms with Crippen molar-refractivity contribution in [2.24, 2.45) is 0 Å². The molecular formula is C20H17ClN6OS. The van der Waals surface area contributed by atoms with Gasteiger partial charge in [-0.15, -0.1) is 5.10 Å². The second kappa shape index (κ2) is 7.73. The van der Waals surface area contributed by atoms with E-state index in [4.69, 9.17) is 11.6 Å². The summed E-state index contributed by atoms with van der Waals surface area (Å²) in [5, 5.41) is 12.0. The van der Waals surface area contributed by atoms with E-state index in [-0.39, 0.29) is 5.91 Å². The van der Waals surface area contributed by atoms with Gasteiger partial charge in [0.1, 0.15) is 0 Å². The standard InChI is InChI=1S/C20H17ClN6OS/c1-11-8-9-14(10-12(11)2)27-13(3)17(24-26-27)18-22-20(29-25-18)23-19(28)15-6-4-5-7-16(15)21/h4-10H,1-3H3,(H,22,23,25,28). The number of aryl methyl sites for hydroxylation is 2. The highest BCUT2D eigenvalue weighted by atomic mass is 35.5. The molecule has 2 aromatic heterocycles. The third-order valence-electron chi connectivity index (χ3n) is 4.61. The summed E-state index contributed by atoms with van der Waals surface area (Å²) in [6, 6.07) is 12.9. The number of nitrogens with one attached hydrogen (secondary N) is 1. The van der Waals surface area contributed by atoms with Crippen molar-refractivity contribution < 1.29 is 4.79 Å². The summed E-state index contributed by atoms with van der Waals surface area (Å²) in [4.78, 5) is 16.8. The molecule has 9 heteroatoms. The molecule has 0 bridgehead atoms. The fourth-order valence-electron chi connectivity index (χ4n) is 2.82. The molecule has 0 atom stereocenters. The molecule has 0 unspecified atom stereocenters. The Morgan fingerprint density at radius 2 is 1.90 bits per heavy atom. The molecule has 4 rings (SSSR count). The number of hydrogen-bond donors (Lipinski definition) is 1. The van der Waals surface area contributed by atoms with E-state index in [1.165, 1.54) is 11.1 Å². The Labute approximate surface area is 176 Å². The van der Waals surface area contributed by atoms with Crippen LogP contribution in [0, 0.1) is 20.8 Å². The summed E-state index contributed by atoms with van der Waals surface area (Å²) < 4.78 is 6.08. The van der Waals surface area contributed by atoms with E-state index in [9.17, 15) is 4.79 Å². The van der Waals surface area contributed by atoms with Gasteiger partial charge in [0.05, 0.1) is 22.0 Å². The van der Waals surface area contributed by atoms with Crippen LogP contribution in [0.15, 0.2) is 42.5 Å². The summed E-state index contributed by atoms with van der Waals surface area (Å²) in [6.45, 7) is 6.03. The van der Waals surface area contributed by atoms with Crippen molar-refractivity contribution in [2.45, 2.75) is 20.8 Å². The fourth-order valence-corrected chi connectivity index (χ4v) is 3.61. The minimum Gasteiger partial charge on any atom is -0.297 e. The number of nitrogens with zero attached hydrogens (tertiary/aromatic N) is 5. The fraction of sp³-hybridized carbons (Fsp3) is 0.150. The molecule has 4 aromatic rings. The minimum absolute atomic E-state index is 0.339. The van der Waals surface area contributed by atoms with Crippen LogP contribution in [-0.2, 0) is 0 Å². The lowest BCUT2D eigenvalue weighted by Crippen LogP contribution is -2.12. The minimum atomic E-state index is -0.339. The van der Waals surface area contributed by atoms with Crippen LogP contribution >= 0.6 is 23.1 Å². The zero-order valence-electron chi connectivity index (χ0n) is 16.0. The number of carbonyl (C=O) groups excluding carboxylic acids is 1. The number of halogens is 1. The quantitative estimate of drug-likeness (QED) is 0.516. The first-order valence-electron chi connectivity index (χ1n) is 8.84. The van der Waals surface area contributed by atoms with E-state index in [1.54, 1.807) is 28.9 Å². The number of benzene rings is 2. The third kappa shape index (κ3) is 3.76. The maximum absolute atomic E-state index is 12.4. The van der Waals surface area contributed by atoms with Gasteiger partial charge >= 0.3 is 0 Å². The van der Waals surface area contributed by atoms with E-state index in [1.807, 2.05) is 13.0 Å². The van der Waals surface area contributed by atoms with Crippen LogP contribution in [-0.4, -0.2) is 30.3 Å². The van der Waals surface area contributed by atoms with Gasteiger partial charge in [0.2, 0.25) is 5.13 Å². The lowest BCUT2D eigenvalue weighted by molar-refractivity contribution is 0.102. The van der Waals surface area contributed by atoms with Crippen molar-refractivity contribution in [3.63, 3.8) is 0 Å². The highest BCUT2D eigenvalue weighted by molar-refractivity contribution is 7.10. The highest BCUT2D eigenvalue weighted by Crippen LogP contribution is 2.25. The number of amides is 1. The molecule has 0 radical (unpaired) electrons. The first kappa shape index (κ1) is 19.2. The number of anilines is 1. The predicted molar refractivity (Wildman–Crippen MR) is 114 cm³/mol. The SMILES string of the molecule is Cc1ccc(-n2nnc(-c3nsc(NC(=O)c4ccccc4Cl)n3)c2C)cc1C. The van der Waals surface area contributed by atoms with Gasteiger partial charge in [-0.05, 0) is 56.2 Å². The molecule has 2 aromatic carbocycles. The van der Waals surface area contributed by atoms with E-state index in [0.29, 0.717) is 27.2 Å². The molecule has 2 heterocycles.